The molecule has 2 aliphatic heterocycles. The highest BCUT2D eigenvalue weighted by Gasteiger charge is 2.42. The van der Waals surface area contributed by atoms with E-state index in [1.165, 1.54) is 0 Å². The maximum absolute atomic E-state index is 12.4. The molecule has 0 bridgehead atoms. The molecule has 2 heterocycles. The summed E-state index contributed by atoms with van der Waals surface area (Å²) >= 11 is 0. The Labute approximate surface area is 182 Å². The van der Waals surface area contributed by atoms with E-state index in [-0.39, 0.29) is 35.9 Å². The second-order valence-corrected chi connectivity index (χ2v) is 10.3. The van der Waals surface area contributed by atoms with Gasteiger partial charge in [0.25, 0.3) is 5.91 Å². The summed E-state index contributed by atoms with van der Waals surface area (Å²) in [4.78, 5) is 27.0. The molecule has 0 aliphatic carbocycles. The van der Waals surface area contributed by atoms with Crippen LogP contribution < -0.4 is 10.6 Å². The number of likely N-dealkylation sites (tertiary alicyclic amines) is 1. The van der Waals surface area contributed by atoms with Gasteiger partial charge in [0.1, 0.15) is 0 Å². The van der Waals surface area contributed by atoms with Crippen molar-refractivity contribution in [3.8, 4) is 11.1 Å². The number of amides is 2. The summed E-state index contributed by atoms with van der Waals surface area (Å²) < 4.78 is 24.2. The van der Waals surface area contributed by atoms with Crippen LogP contribution in [0.1, 0.15) is 23.2 Å². The zero-order chi connectivity index (χ0) is 21.8. The molecule has 4 rings (SSSR count). The SMILES string of the molecule is O=C(CNC(=O)c1ccc(-c2ccccc2)cc1)NC1CS(=O)(=O)CC1N1CCCC1. The Kier molecular flexibility index (Phi) is 6.38. The van der Waals surface area contributed by atoms with Gasteiger partial charge in [-0.3, -0.25) is 14.5 Å². The van der Waals surface area contributed by atoms with Gasteiger partial charge in [0.05, 0.1) is 24.1 Å². The lowest BCUT2D eigenvalue weighted by atomic mass is 10.0. The van der Waals surface area contributed by atoms with E-state index in [2.05, 4.69) is 15.5 Å². The maximum atomic E-state index is 12.4. The van der Waals surface area contributed by atoms with Crippen molar-refractivity contribution < 1.29 is 18.0 Å². The molecule has 0 spiro atoms. The molecule has 2 atom stereocenters. The Hall–Kier alpha value is -2.71. The van der Waals surface area contributed by atoms with Gasteiger partial charge in [0.2, 0.25) is 5.91 Å². The average molecular weight is 442 g/mol. The first-order valence-corrected chi connectivity index (χ1v) is 12.4. The van der Waals surface area contributed by atoms with Crippen LogP contribution in [0.15, 0.2) is 54.6 Å². The molecule has 8 heteroatoms. The van der Waals surface area contributed by atoms with E-state index in [1.807, 2.05) is 42.5 Å². The molecule has 2 fully saturated rings. The molecule has 0 saturated carbocycles. The van der Waals surface area contributed by atoms with E-state index in [9.17, 15) is 18.0 Å². The van der Waals surface area contributed by atoms with Crippen molar-refractivity contribution in [3.05, 3.63) is 60.2 Å². The van der Waals surface area contributed by atoms with Crippen molar-refractivity contribution in [2.45, 2.75) is 24.9 Å². The predicted octanol–water partition coefficient (Wildman–Crippen LogP) is 1.46. The van der Waals surface area contributed by atoms with Gasteiger partial charge in [-0.05, 0) is 49.2 Å². The van der Waals surface area contributed by atoms with Gasteiger partial charge in [0, 0.05) is 11.6 Å². The highest BCUT2D eigenvalue weighted by Crippen LogP contribution is 2.23. The minimum atomic E-state index is -3.17. The van der Waals surface area contributed by atoms with E-state index < -0.39 is 15.9 Å². The van der Waals surface area contributed by atoms with Crippen molar-refractivity contribution in [1.29, 1.82) is 0 Å². The van der Waals surface area contributed by atoms with Crippen LogP contribution in [0.4, 0.5) is 0 Å². The topological polar surface area (TPSA) is 95.6 Å². The van der Waals surface area contributed by atoms with Crippen LogP contribution in [-0.4, -0.2) is 68.4 Å². The highest BCUT2D eigenvalue weighted by molar-refractivity contribution is 7.91. The minimum absolute atomic E-state index is 0.0468. The molecule has 2 aromatic rings. The van der Waals surface area contributed by atoms with Gasteiger partial charge in [-0.1, -0.05) is 42.5 Å². The predicted molar refractivity (Wildman–Crippen MR) is 119 cm³/mol. The van der Waals surface area contributed by atoms with Crippen LogP contribution in [-0.2, 0) is 14.6 Å². The number of hydrogen-bond donors (Lipinski definition) is 2. The molecule has 7 nitrogen and oxygen atoms in total. The lowest BCUT2D eigenvalue weighted by Crippen LogP contribution is -2.52. The van der Waals surface area contributed by atoms with E-state index in [1.54, 1.807) is 12.1 Å². The number of nitrogens with one attached hydrogen (secondary N) is 2. The zero-order valence-corrected chi connectivity index (χ0v) is 18.1. The van der Waals surface area contributed by atoms with Gasteiger partial charge in [0.15, 0.2) is 9.84 Å². The molecule has 2 saturated heterocycles. The van der Waals surface area contributed by atoms with Crippen LogP contribution >= 0.6 is 0 Å². The first-order valence-electron chi connectivity index (χ1n) is 10.6. The fraction of sp³-hybridized carbons (Fsp3) is 0.391. The molecule has 2 aliphatic rings. The maximum Gasteiger partial charge on any atom is 0.251 e. The second kappa shape index (κ2) is 9.20. The summed E-state index contributed by atoms with van der Waals surface area (Å²) in [5.41, 5.74) is 2.53. The Morgan fingerprint density at radius 2 is 1.55 bits per heavy atom. The molecule has 2 unspecified atom stereocenters. The standard InChI is InChI=1S/C23H27N3O4S/c27-22(25-20-15-31(29,30)16-21(20)26-12-4-5-13-26)14-24-23(28)19-10-8-18(9-11-19)17-6-2-1-3-7-17/h1-3,6-11,20-21H,4-5,12-16H2,(H,24,28)(H,25,27). The monoisotopic (exact) mass is 441 g/mol. The number of sulfone groups is 1. The number of benzene rings is 2. The van der Waals surface area contributed by atoms with Crippen LogP contribution in [0.2, 0.25) is 0 Å². The quantitative estimate of drug-likeness (QED) is 0.708. The zero-order valence-electron chi connectivity index (χ0n) is 17.3. The van der Waals surface area contributed by atoms with Gasteiger partial charge >= 0.3 is 0 Å². The third kappa shape index (κ3) is 5.32. The Morgan fingerprint density at radius 1 is 0.903 bits per heavy atom. The fourth-order valence-corrected chi connectivity index (χ4v) is 6.32. The van der Waals surface area contributed by atoms with Gasteiger partial charge in [-0.25, -0.2) is 8.42 Å². The second-order valence-electron chi connectivity index (χ2n) is 8.19. The molecule has 0 radical (unpaired) electrons. The average Bonchev–Trinajstić information content (AvgIpc) is 3.40. The van der Waals surface area contributed by atoms with Gasteiger partial charge in [-0.15, -0.1) is 0 Å². The summed E-state index contributed by atoms with van der Waals surface area (Å²) in [6, 6.07) is 16.4. The Balaban J connectivity index is 1.31. The molecule has 2 amide bonds. The highest BCUT2D eigenvalue weighted by atomic mass is 32.2. The van der Waals surface area contributed by atoms with Gasteiger partial charge < -0.3 is 10.6 Å². The largest absolute Gasteiger partial charge is 0.349 e. The van der Waals surface area contributed by atoms with Crippen molar-refractivity contribution >= 4 is 21.7 Å². The number of nitrogens with zero attached hydrogens (tertiary/aromatic N) is 1. The van der Waals surface area contributed by atoms with Crippen molar-refractivity contribution in [1.82, 2.24) is 15.5 Å². The molecule has 0 aromatic heterocycles. The van der Waals surface area contributed by atoms with Crippen LogP contribution in [0.25, 0.3) is 11.1 Å². The van der Waals surface area contributed by atoms with Crippen LogP contribution in [0.3, 0.4) is 0 Å². The van der Waals surface area contributed by atoms with Crippen LogP contribution in [0, 0.1) is 0 Å². The third-order valence-electron chi connectivity index (χ3n) is 5.94. The lowest BCUT2D eigenvalue weighted by molar-refractivity contribution is -0.121. The van der Waals surface area contributed by atoms with E-state index in [0.717, 1.165) is 37.1 Å². The summed E-state index contributed by atoms with van der Waals surface area (Å²) in [6.45, 7) is 1.53. The summed E-state index contributed by atoms with van der Waals surface area (Å²) in [6.07, 6.45) is 2.10. The van der Waals surface area contributed by atoms with E-state index in [0.29, 0.717) is 5.56 Å². The van der Waals surface area contributed by atoms with Crippen LogP contribution in [0.5, 0.6) is 0 Å². The van der Waals surface area contributed by atoms with Crippen molar-refractivity contribution in [2.24, 2.45) is 0 Å². The van der Waals surface area contributed by atoms with Crippen molar-refractivity contribution in [2.75, 3.05) is 31.1 Å². The Bertz CT molecular complexity index is 1030. The smallest absolute Gasteiger partial charge is 0.251 e. The summed E-state index contributed by atoms with van der Waals surface area (Å²) in [7, 11) is -3.17. The first kappa shape index (κ1) is 21.5. The summed E-state index contributed by atoms with van der Waals surface area (Å²) in [5, 5.41) is 5.45. The molecule has 2 N–H and O–H groups in total. The minimum Gasteiger partial charge on any atom is -0.349 e. The van der Waals surface area contributed by atoms with Crippen molar-refractivity contribution in [3.63, 3.8) is 0 Å². The number of carbonyl (C=O) groups excluding carboxylic acids is 2. The van der Waals surface area contributed by atoms with E-state index >= 15 is 0 Å². The third-order valence-corrected chi connectivity index (χ3v) is 7.66. The molecule has 31 heavy (non-hydrogen) atoms. The number of rotatable bonds is 6. The summed E-state index contributed by atoms with van der Waals surface area (Å²) in [5.74, 6) is -0.683. The Morgan fingerprint density at radius 3 is 2.23 bits per heavy atom. The molecule has 164 valence electrons. The molecular formula is C23H27N3O4S. The van der Waals surface area contributed by atoms with Gasteiger partial charge in [-0.2, -0.15) is 0 Å². The fourth-order valence-electron chi connectivity index (χ4n) is 4.37. The molecule has 2 aromatic carbocycles. The molecular weight excluding hydrogens is 414 g/mol. The lowest BCUT2D eigenvalue weighted by Gasteiger charge is -2.28. The first-order chi connectivity index (χ1) is 14.9. The van der Waals surface area contributed by atoms with E-state index in [4.69, 9.17) is 0 Å². The normalized spacial score (nSPS) is 22.8. The number of hydrogen-bond acceptors (Lipinski definition) is 5. The number of carbonyl (C=O) groups is 2.